The van der Waals surface area contributed by atoms with Gasteiger partial charge in [0.15, 0.2) is 9.84 Å². The van der Waals surface area contributed by atoms with E-state index in [4.69, 9.17) is 23.2 Å². The van der Waals surface area contributed by atoms with E-state index < -0.39 is 31.8 Å². The van der Waals surface area contributed by atoms with Gasteiger partial charge in [-0.15, -0.1) is 0 Å². The van der Waals surface area contributed by atoms with Crippen molar-refractivity contribution in [2.24, 2.45) is 0 Å². The number of halogens is 2. The van der Waals surface area contributed by atoms with Crippen molar-refractivity contribution in [1.82, 2.24) is 10.2 Å². The van der Waals surface area contributed by atoms with Crippen LogP contribution in [-0.2, 0) is 19.9 Å². The topological polar surface area (TPSA) is 104 Å². The van der Waals surface area contributed by atoms with Gasteiger partial charge in [0.2, 0.25) is 10.0 Å². The second-order valence-electron chi connectivity index (χ2n) is 10.3. The van der Waals surface area contributed by atoms with E-state index in [9.17, 15) is 21.6 Å². The van der Waals surface area contributed by atoms with E-state index >= 15 is 0 Å². The summed E-state index contributed by atoms with van der Waals surface area (Å²) < 4.78 is 50.9. The minimum absolute atomic E-state index is 0.0467. The lowest BCUT2D eigenvalue weighted by Crippen LogP contribution is -2.61. The van der Waals surface area contributed by atoms with Gasteiger partial charge in [0.05, 0.1) is 35.5 Å². The van der Waals surface area contributed by atoms with Crippen molar-refractivity contribution in [3.63, 3.8) is 0 Å². The van der Waals surface area contributed by atoms with E-state index in [2.05, 4.69) is 10.2 Å². The summed E-state index contributed by atoms with van der Waals surface area (Å²) in [6, 6.07) is 20.6. The Balaban J connectivity index is 1.37. The number of anilines is 1. The fraction of sp³-hybridized carbons (Fsp3) is 0.321. The second-order valence-corrected chi connectivity index (χ2v) is 15.3. The number of nitrogens with zero attached hydrogens (tertiary/aromatic N) is 2. The van der Waals surface area contributed by atoms with Crippen LogP contribution in [0.15, 0.2) is 72.8 Å². The molecule has 2 heterocycles. The zero-order valence-electron chi connectivity index (χ0n) is 21.7. The molecule has 8 nitrogen and oxygen atoms in total. The van der Waals surface area contributed by atoms with E-state index in [1.165, 1.54) is 4.31 Å². The first kappa shape index (κ1) is 28.9. The molecular weight excluding hydrogens is 593 g/mol. The Morgan fingerprint density at radius 3 is 2.05 bits per heavy atom. The van der Waals surface area contributed by atoms with Crippen molar-refractivity contribution in [2.45, 2.75) is 24.5 Å². The molecule has 212 valence electrons. The standard InChI is InChI=1S/C28H29Cl2N3O5S2/c1-39(35,36)33(25-4-2-3-21(15-25)28(34)31-24-13-14-40(37,38)18-24)26-16-32(17-26)27(19-5-9-22(29)10-6-19)20-7-11-23(30)12-8-20/h2-12,15,24,26-27H,13-14,16-18H2,1H3,(H,31,34)/t24-/m1/s1. The van der Waals surface area contributed by atoms with Gasteiger partial charge in [0, 0.05) is 34.7 Å². The van der Waals surface area contributed by atoms with Gasteiger partial charge in [-0.2, -0.15) is 0 Å². The average Bonchev–Trinajstić information content (AvgIpc) is 3.21. The van der Waals surface area contributed by atoms with E-state index in [0.29, 0.717) is 35.2 Å². The van der Waals surface area contributed by atoms with Crippen molar-refractivity contribution in [3.05, 3.63) is 99.5 Å². The maximum absolute atomic E-state index is 13.0. The number of rotatable bonds is 8. The third kappa shape index (κ3) is 6.47. The largest absolute Gasteiger partial charge is 0.348 e. The number of hydrogen-bond donors (Lipinski definition) is 1. The van der Waals surface area contributed by atoms with Gasteiger partial charge in [0.1, 0.15) is 0 Å². The SMILES string of the molecule is CS(=O)(=O)N(c1cccc(C(=O)N[C@@H]2CCS(=O)(=O)C2)c1)C1CN(C(c2ccc(Cl)cc2)c2ccc(Cl)cc2)C1. The predicted molar refractivity (Wildman–Crippen MR) is 158 cm³/mol. The lowest BCUT2D eigenvalue weighted by atomic mass is 9.93. The Morgan fingerprint density at radius 1 is 0.975 bits per heavy atom. The summed E-state index contributed by atoms with van der Waals surface area (Å²) in [6.45, 7) is 0.915. The molecule has 0 radical (unpaired) electrons. The van der Waals surface area contributed by atoms with Gasteiger partial charge < -0.3 is 5.32 Å². The fourth-order valence-electron chi connectivity index (χ4n) is 5.39. The summed E-state index contributed by atoms with van der Waals surface area (Å²) in [5.74, 6) is -0.475. The van der Waals surface area contributed by atoms with E-state index in [-0.39, 0.29) is 29.2 Å². The number of amides is 1. The molecule has 2 aliphatic heterocycles. The Kier molecular flexibility index (Phi) is 8.18. The molecule has 40 heavy (non-hydrogen) atoms. The molecule has 3 aromatic carbocycles. The number of carbonyl (C=O) groups is 1. The third-order valence-electron chi connectivity index (χ3n) is 7.25. The number of benzene rings is 3. The molecule has 1 amide bonds. The smallest absolute Gasteiger partial charge is 0.251 e. The second kappa shape index (κ2) is 11.3. The van der Waals surface area contributed by atoms with Crippen LogP contribution in [0.5, 0.6) is 0 Å². The molecule has 0 saturated carbocycles. The fourth-order valence-corrected chi connectivity index (χ4v) is 8.48. The Labute approximate surface area is 244 Å². The van der Waals surface area contributed by atoms with E-state index in [0.717, 1.165) is 17.4 Å². The van der Waals surface area contributed by atoms with Gasteiger partial charge in [-0.25, -0.2) is 16.8 Å². The summed E-state index contributed by atoms with van der Waals surface area (Å²) in [5.41, 5.74) is 2.69. The van der Waals surface area contributed by atoms with Crippen molar-refractivity contribution in [2.75, 3.05) is 35.2 Å². The molecule has 1 N–H and O–H groups in total. The van der Waals surface area contributed by atoms with Gasteiger partial charge in [-0.3, -0.25) is 14.0 Å². The maximum Gasteiger partial charge on any atom is 0.251 e. The molecule has 3 aromatic rings. The first-order chi connectivity index (χ1) is 18.9. The molecule has 2 saturated heterocycles. The number of carbonyl (C=O) groups excluding carboxylic acids is 1. The minimum atomic E-state index is -3.69. The highest BCUT2D eigenvalue weighted by atomic mass is 35.5. The molecule has 0 spiro atoms. The van der Waals surface area contributed by atoms with Crippen LogP contribution in [0.4, 0.5) is 5.69 Å². The molecular formula is C28H29Cl2N3O5S2. The van der Waals surface area contributed by atoms with Crippen LogP contribution in [0.25, 0.3) is 0 Å². The van der Waals surface area contributed by atoms with Gasteiger partial charge >= 0.3 is 0 Å². The van der Waals surface area contributed by atoms with Crippen molar-refractivity contribution in [3.8, 4) is 0 Å². The summed E-state index contributed by atoms with van der Waals surface area (Å²) in [5, 5.41) is 4.02. The molecule has 0 bridgehead atoms. The molecule has 2 fully saturated rings. The first-order valence-corrected chi connectivity index (χ1v) is 17.2. The zero-order valence-corrected chi connectivity index (χ0v) is 24.8. The normalized spacial score (nSPS) is 19.4. The first-order valence-electron chi connectivity index (χ1n) is 12.8. The van der Waals surface area contributed by atoms with Crippen LogP contribution in [0.2, 0.25) is 10.0 Å². The maximum atomic E-state index is 13.0. The van der Waals surface area contributed by atoms with E-state index in [1.54, 1.807) is 24.3 Å². The van der Waals surface area contributed by atoms with Crippen molar-refractivity contribution >= 4 is 54.7 Å². The van der Waals surface area contributed by atoms with Gasteiger partial charge in [-0.05, 0) is 60.0 Å². The molecule has 0 unspecified atom stereocenters. The average molecular weight is 623 g/mol. The number of sulfone groups is 1. The van der Waals surface area contributed by atoms with Gasteiger partial charge in [-0.1, -0.05) is 53.5 Å². The predicted octanol–water partition coefficient (Wildman–Crippen LogP) is 4.15. The summed E-state index contributed by atoms with van der Waals surface area (Å²) in [7, 11) is -6.84. The minimum Gasteiger partial charge on any atom is -0.348 e. The molecule has 0 aliphatic carbocycles. The summed E-state index contributed by atoms with van der Waals surface area (Å²) in [4.78, 5) is 15.1. The quantitative estimate of drug-likeness (QED) is 0.405. The molecule has 1 atom stereocenters. The third-order valence-corrected chi connectivity index (χ3v) is 10.7. The highest BCUT2D eigenvalue weighted by molar-refractivity contribution is 7.92. The summed E-state index contributed by atoms with van der Waals surface area (Å²) in [6.07, 6.45) is 1.52. The number of hydrogen-bond acceptors (Lipinski definition) is 6. The Bertz CT molecular complexity index is 1560. The molecule has 2 aliphatic rings. The number of sulfonamides is 1. The number of likely N-dealkylation sites (tertiary alicyclic amines) is 1. The monoisotopic (exact) mass is 621 g/mol. The highest BCUT2D eigenvalue weighted by Gasteiger charge is 2.41. The van der Waals surface area contributed by atoms with Crippen LogP contribution in [-0.4, -0.2) is 70.6 Å². The lowest BCUT2D eigenvalue weighted by molar-refractivity contribution is 0.0941. The van der Waals surface area contributed by atoms with Crippen molar-refractivity contribution in [1.29, 1.82) is 0 Å². The van der Waals surface area contributed by atoms with Crippen LogP contribution < -0.4 is 9.62 Å². The van der Waals surface area contributed by atoms with Crippen LogP contribution in [0, 0.1) is 0 Å². The van der Waals surface area contributed by atoms with Crippen molar-refractivity contribution < 1.29 is 21.6 Å². The molecule has 5 rings (SSSR count). The Hall–Kier alpha value is -2.63. The van der Waals surface area contributed by atoms with Crippen LogP contribution >= 0.6 is 23.2 Å². The van der Waals surface area contributed by atoms with E-state index in [1.807, 2.05) is 48.5 Å². The van der Waals surface area contributed by atoms with Crippen LogP contribution in [0.1, 0.15) is 33.9 Å². The summed E-state index contributed by atoms with van der Waals surface area (Å²) >= 11 is 12.3. The van der Waals surface area contributed by atoms with Gasteiger partial charge in [0.25, 0.3) is 5.91 Å². The molecule has 0 aromatic heterocycles. The molecule has 12 heteroatoms. The van der Waals surface area contributed by atoms with Crippen LogP contribution in [0.3, 0.4) is 0 Å². The Morgan fingerprint density at radius 2 is 1.55 bits per heavy atom. The zero-order chi connectivity index (χ0) is 28.7. The number of nitrogens with one attached hydrogen (secondary N) is 1. The lowest BCUT2D eigenvalue weighted by Gasteiger charge is -2.48. The highest BCUT2D eigenvalue weighted by Crippen LogP contribution is 2.36.